The van der Waals surface area contributed by atoms with Crippen molar-refractivity contribution in [3.05, 3.63) is 36.9 Å². The molecule has 2 aromatic rings. The number of halogens is 1. The molecule has 0 saturated carbocycles. The summed E-state index contributed by atoms with van der Waals surface area (Å²) < 4.78 is 1.17. The first-order valence-electron chi connectivity index (χ1n) is 5.08. The summed E-state index contributed by atoms with van der Waals surface area (Å²) in [6, 6.07) is 2.16. The molecule has 2 heterocycles. The summed E-state index contributed by atoms with van der Waals surface area (Å²) in [7, 11) is 0. The number of nitrogens with zero attached hydrogens (tertiary/aromatic N) is 1. The highest BCUT2D eigenvalue weighted by Crippen LogP contribution is 2.19. The van der Waals surface area contributed by atoms with Crippen LogP contribution in [0, 0.1) is 6.92 Å². The first-order chi connectivity index (χ1) is 7.75. The van der Waals surface area contributed by atoms with Crippen LogP contribution >= 0.6 is 38.6 Å². The van der Waals surface area contributed by atoms with Crippen LogP contribution in [0.25, 0.3) is 0 Å². The van der Waals surface area contributed by atoms with Crippen molar-refractivity contribution in [2.75, 3.05) is 6.54 Å². The Morgan fingerprint density at radius 2 is 2.31 bits per heavy atom. The fourth-order valence-electron chi connectivity index (χ4n) is 1.43. The van der Waals surface area contributed by atoms with Gasteiger partial charge in [0.05, 0.1) is 11.2 Å². The number of rotatable bonds is 5. The van der Waals surface area contributed by atoms with E-state index in [4.69, 9.17) is 0 Å². The molecule has 0 aliphatic rings. The predicted molar refractivity (Wildman–Crippen MR) is 74.3 cm³/mol. The highest BCUT2D eigenvalue weighted by atomic mass is 79.9. The zero-order valence-corrected chi connectivity index (χ0v) is 12.2. The summed E-state index contributed by atoms with van der Waals surface area (Å²) in [5.41, 5.74) is 3.09. The van der Waals surface area contributed by atoms with Gasteiger partial charge in [-0.15, -0.1) is 22.7 Å². The summed E-state index contributed by atoms with van der Waals surface area (Å²) in [6.07, 6.45) is 1.07. The van der Waals surface area contributed by atoms with Crippen molar-refractivity contribution in [3.8, 4) is 0 Å². The van der Waals surface area contributed by atoms with Crippen LogP contribution in [0.4, 0.5) is 0 Å². The highest BCUT2D eigenvalue weighted by molar-refractivity contribution is 9.10. The van der Waals surface area contributed by atoms with Crippen LogP contribution in [-0.2, 0) is 13.0 Å². The molecule has 2 rings (SSSR count). The molecule has 0 aliphatic carbocycles. The highest BCUT2D eigenvalue weighted by Gasteiger charge is 2.01. The van der Waals surface area contributed by atoms with Gasteiger partial charge in [-0.3, -0.25) is 0 Å². The molecule has 0 fully saturated rings. The molecule has 16 heavy (non-hydrogen) atoms. The fourth-order valence-corrected chi connectivity index (χ4v) is 3.63. The van der Waals surface area contributed by atoms with Crippen LogP contribution < -0.4 is 5.32 Å². The fraction of sp³-hybridized carbons (Fsp3) is 0.364. The molecule has 1 N–H and O–H groups in total. The molecule has 2 aromatic heterocycles. The van der Waals surface area contributed by atoms with Crippen molar-refractivity contribution in [2.45, 2.75) is 19.9 Å². The maximum absolute atomic E-state index is 4.24. The van der Waals surface area contributed by atoms with E-state index in [2.05, 4.69) is 44.6 Å². The molecule has 0 saturated heterocycles. The third kappa shape index (κ3) is 3.38. The average molecular weight is 317 g/mol. The second-order valence-electron chi connectivity index (χ2n) is 3.52. The molecule has 0 spiro atoms. The molecule has 86 valence electrons. The van der Waals surface area contributed by atoms with Gasteiger partial charge in [0.15, 0.2) is 0 Å². The lowest BCUT2D eigenvalue weighted by molar-refractivity contribution is 0.695. The van der Waals surface area contributed by atoms with Crippen LogP contribution in [0.3, 0.4) is 0 Å². The molecule has 0 aromatic carbocycles. The number of hydrogen-bond donors (Lipinski definition) is 1. The number of aromatic nitrogens is 1. The largest absolute Gasteiger partial charge is 0.311 e. The van der Waals surface area contributed by atoms with Crippen LogP contribution in [-0.4, -0.2) is 11.5 Å². The lowest BCUT2D eigenvalue weighted by Crippen LogP contribution is -2.15. The van der Waals surface area contributed by atoms with E-state index in [1.807, 2.05) is 5.51 Å². The lowest BCUT2D eigenvalue weighted by Gasteiger charge is -2.01. The van der Waals surface area contributed by atoms with Crippen LogP contribution in [0.5, 0.6) is 0 Å². The molecule has 0 unspecified atom stereocenters. The van der Waals surface area contributed by atoms with Gasteiger partial charge in [0.2, 0.25) is 0 Å². The Labute approximate surface area is 112 Å². The standard InChI is InChI=1S/C11H13BrN2S2/c1-8-11(16-7-14-8)2-3-13-5-10-4-9(12)6-15-10/h4,6-7,13H,2-3,5H2,1H3. The number of aryl methyl sites for hydroxylation is 1. The Morgan fingerprint density at radius 3 is 2.94 bits per heavy atom. The number of nitrogens with one attached hydrogen (secondary N) is 1. The van der Waals surface area contributed by atoms with Crippen molar-refractivity contribution in [3.63, 3.8) is 0 Å². The van der Waals surface area contributed by atoms with Crippen LogP contribution in [0.15, 0.2) is 21.4 Å². The maximum Gasteiger partial charge on any atom is 0.0797 e. The summed E-state index contributed by atoms with van der Waals surface area (Å²) in [5.74, 6) is 0. The minimum Gasteiger partial charge on any atom is -0.311 e. The van der Waals surface area contributed by atoms with Gasteiger partial charge in [-0.1, -0.05) is 0 Å². The number of hydrogen-bond acceptors (Lipinski definition) is 4. The minimum atomic E-state index is 0.952. The van der Waals surface area contributed by atoms with Gasteiger partial charge in [-0.05, 0) is 35.3 Å². The SMILES string of the molecule is Cc1ncsc1CCNCc1cc(Br)cs1. The van der Waals surface area contributed by atoms with Gasteiger partial charge < -0.3 is 5.32 Å². The summed E-state index contributed by atoms with van der Waals surface area (Å²) >= 11 is 6.98. The lowest BCUT2D eigenvalue weighted by atomic mass is 10.3. The van der Waals surface area contributed by atoms with Gasteiger partial charge in [0.25, 0.3) is 0 Å². The molecule has 0 radical (unpaired) electrons. The van der Waals surface area contributed by atoms with Crippen molar-refractivity contribution in [1.82, 2.24) is 10.3 Å². The first kappa shape index (κ1) is 12.2. The quantitative estimate of drug-likeness (QED) is 0.852. The van der Waals surface area contributed by atoms with Gasteiger partial charge in [0.1, 0.15) is 0 Å². The molecule has 5 heteroatoms. The molecule has 0 bridgehead atoms. The van der Waals surface area contributed by atoms with E-state index in [9.17, 15) is 0 Å². The summed E-state index contributed by atoms with van der Waals surface area (Å²) in [5, 5.41) is 5.56. The van der Waals surface area contributed by atoms with Gasteiger partial charge in [-0.25, -0.2) is 4.98 Å². The second kappa shape index (κ2) is 5.91. The Balaban J connectivity index is 1.71. The molecular weight excluding hydrogens is 304 g/mol. The number of thiazole rings is 1. The van der Waals surface area contributed by atoms with Crippen LogP contribution in [0.1, 0.15) is 15.4 Å². The van der Waals surface area contributed by atoms with Gasteiger partial charge >= 0.3 is 0 Å². The summed E-state index contributed by atoms with van der Waals surface area (Å²) in [4.78, 5) is 7.00. The van der Waals surface area contributed by atoms with E-state index in [0.29, 0.717) is 0 Å². The van der Waals surface area contributed by atoms with Crippen LogP contribution in [0.2, 0.25) is 0 Å². The van der Waals surface area contributed by atoms with E-state index in [1.165, 1.54) is 19.9 Å². The average Bonchev–Trinajstić information content (AvgIpc) is 2.83. The topological polar surface area (TPSA) is 24.9 Å². The van der Waals surface area contributed by atoms with Gasteiger partial charge in [0, 0.05) is 32.7 Å². The molecular formula is C11H13BrN2S2. The Bertz CT molecular complexity index is 450. The normalized spacial score (nSPS) is 10.9. The Hall–Kier alpha value is -0.230. The first-order valence-corrected chi connectivity index (χ1v) is 7.63. The van der Waals surface area contributed by atoms with E-state index < -0.39 is 0 Å². The smallest absolute Gasteiger partial charge is 0.0797 e. The molecule has 0 aliphatic heterocycles. The Kier molecular flexibility index (Phi) is 4.52. The van der Waals surface area contributed by atoms with Gasteiger partial charge in [-0.2, -0.15) is 0 Å². The van der Waals surface area contributed by atoms with E-state index >= 15 is 0 Å². The zero-order chi connectivity index (χ0) is 11.4. The predicted octanol–water partition coefficient (Wildman–Crippen LogP) is 3.61. The Morgan fingerprint density at radius 1 is 1.44 bits per heavy atom. The third-order valence-electron chi connectivity index (χ3n) is 2.29. The number of thiophene rings is 1. The van der Waals surface area contributed by atoms with E-state index in [1.54, 1.807) is 22.7 Å². The molecule has 0 amide bonds. The van der Waals surface area contributed by atoms with Crippen molar-refractivity contribution < 1.29 is 0 Å². The van der Waals surface area contributed by atoms with E-state index in [-0.39, 0.29) is 0 Å². The second-order valence-corrected chi connectivity index (χ2v) is 6.37. The van der Waals surface area contributed by atoms with Crippen molar-refractivity contribution in [2.24, 2.45) is 0 Å². The third-order valence-corrected chi connectivity index (χ3v) is 4.99. The maximum atomic E-state index is 4.24. The van der Waals surface area contributed by atoms with E-state index in [0.717, 1.165) is 19.5 Å². The van der Waals surface area contributed by atoms with Crippen molar-refractivity contribution >= 4 is 38.6 Å². The molecule has 0 atom stereocenters. The van der Waals surface area contributed by atoms with Crippen molar-refractivity contribution in [1.29, 1.82) is 0 Å². The minimum absolute atomic E-state index is 0.952. The summed E-state index contributed by atoms with van der Waals surface area (Å²) in [6.45, 7) is 4.04. The zero-order valence-electron chi connectivity index (χ0n) is 9.00. The molecule has 2 nitrogen and oxygen atoms in total. The monoisotopic (exact) mass is 316 g/mol.